The molecule has 0 N–H and O–H groups in total. The van der Waals surface area contributed by atoms with Crippen molar-refractivity contribution in [2.24, 2.45) is 0 Å². The summed E-state index contributed by atoms with van der Waals surface area (Å²) in [5, 5.41) is 0. The molecule has 0 aliphatic heterocycles. The number of rotatable bonds is 15. The number of hydrogen-bond acceptors (Lipinski definition) is 0. The van der Waals surface area contributed by atoms with Gasteiger partial charge in [-0.1, -0.05) is 18.2 Å². The first-order chi connectivity index (χ1) is 21.9. The summed E-state index contributed by atoms with van der Waals surface area (Å²) in [5.74, 6) is -96.4. The van der Waals surface area contributed by atoms with Crippen LogP contribution in [0.1, 0.15) is 37.5 Å². The fraction of sp³-hybridized carbons (Fsp3) is 0.750. The van der Waals surface area contributed by atoms with E-state index < -0.39 is 145 Å². The third kappa shape index (κ3) is 5.91. The van der Waals surface area contributed by atoms with E-state index in [0.717, 1.165) is 0 Å². The van der Waals surface area contributed by atoms with Crippen LogP contribution in [0.2, 0.25) is 0 Å². The van der Waals surface area contributed by atoms with Gasteiger partial charge >= 0.3 is 71.1 Å². The van der Waals surface area contributed by atoms with E-state index in [9.17, 15) is 92.2 Å². The van der Waals surface area contributed by atoms with Gasteiger partial charge in [0.05, 0.1) is 0 Å². The molecule has 0 saturated carbocycles. The van der Waals surface area contributed by atoms with Crippen molar-refractivity contribution in [3.63, 3.8) is 0 Å². The van der Waals surface area contributed by atoms with Gasteiger partial charge in [0.2, 0.25) is 0 Å². The maximum absolute atomic E-state index is 15.3. The largest absolute Gasteiger partial charge is 0.382 e. The van der Waals surface area contributed by atoms with Crippen molar-refractivity contribution in [2.45, 2.75) is 110 Å². The van der Waals surface area contributed by atoms with Crippen LogP contribution >= 0.6 is 0 Å². The van der Waals surface area contributed by atoms with Gasteiger partial charge in [0, 0.05) is 16.7 Å². The van der Waals surface area contributed by atoms with Crippen LogP contribution in [0.4, 0.5) is 119 Å². The Labute approximate surface area is 264 Å². The molecule has 3 atom stereocenters. The van der Waals surface area contributed by atoms with Crippen LogP contribution in [0, 0.1) is 0 Å². The Morgan fingerprint density at radius 2 is 0.529 bits per heavy atom. The van der Waals surface area contributed by atoms with Gasteiger partial charge < -0.3 is 0 Å². The van der Waals surface area contributed by atoms with E-state index in [1.807, 2.05) is 0 Å². The minimum Gasteiger partial charge on any atom is -0.241 e. The predicted molar refractivity (Wildman–Crippen MR) is 114 cm³/mol. The van der Waals surface area contributed by atoms with Gasteiger partial charge in [-0.15, -0.1) is 0 Å². The molecular formula is C24H15F27. The summed E-state index contributed by atoms with van der Waals surface area (Å²) in [6.07, 6.45) is -14.3. The number of alkyl halides is 27. The van der Waals surface area contributed by atoms with Crippen LogP contribution in [0.3, 0.4) is 0 Å². The van der Waals surface area contributed by atoms with E-state index in [4.69, 9.17) is 0 Å². The van der Waals surface area contributed by atoms with E-state index in [2.05, 4.69) is 0 Å². The fourth-order valence-corrected chi connectivity index (χ4v) is 3.88. The second kappa shape index (κ2) is 12.5. The first-order valence-electron chi connectivity index (χ1n) is 12.5. The Bertz CT molecular complexity index is 1330. The highest BCUT2D eigenvalue weighted by Crippen LogP contribution is 2.65. The van der Waals surface area contributed by atoms with Crippen molar-refractivity contribution in [2.75, 3.05) is 0 Å². The van der Waals surface area contributed by atoms with E-state index >= 15 is 26.3 Å². The lowest BCUT2D eigenvalue weighted by atomic mass is 9.79. The van der Waals surface area contributed by atoms with Crippen LogP contribution < -0.4 is 0 Å². The van der Waals surface area contributed by atoms with E-state index in [0.29, 0.717) is 0 Å². The minimum atomic E-state index is -8.66. The van der Waals surface area contributed by atoms with Gasteiger partial charge in [0.15, 0.2) is 18.5 Å². The van der Waals surface area contributed by atoms with Crippen molar-refractivity contribution in [3.05, 3.63) is 34.9 Å². The van der Waals surface area contributed by atoms with E-state index in [1.165, 1.54) is 0 Å². The molecule has 0 fully saturated rings. The predicted octanol–water partition coefficient (Wildman–Crippen LogP) is 11.8. The molecule has 0 amide bonds. The standard InChI is InChI=1S/C24H15F27/c1-7(25)13(28,29)19(40,41)22(46,47)16(34,35)10-5-4-6-11(17(36,37)23(48,49)20(42,43)14(30,31)8(2)26)12(10)18(38,39)24(50,51)21(44,45)15(32,33)9(3)27/h4-9H,1-3H3. The SMILES string of the molecule is CC(F)C(F)(F)C(F)(F)C(F)(F)C(F)(F)c1cccc(C(F)(F)C(F)(F)C(F)(F)C(F)(F)C(C)F)c1C(F)(F)C(F)(F)C(F)(F)C(F)(F)C(C)F. The van der Waals surface area contributed by atoms with E-state index in [1.54, 1.807) is 0 Å². The summed E-state index contributed by atoms with van der Waals surface area (Å²) < 4.78 is 384. The molecule has 0 saturated heterocycles. The average molecular weight is 816 g/mol. The summed E-state index contributed by atoms with van der Waals surface area (Å²) in [6.45, 7) is -2.45. The average Bonchev–Trinajstić information content (AvgIpc) is 2.95. The zero-order valence-corrected chi connectivity index (χ0v) is 24.2. The Morgan fingerprint density at radius 3 is 0.725 bits per heavy atom. The second-order valence-corrected chi connectivity index (χ2v) is 10.6. The van der Waals surface area contributed by atoms with Crippen LogP contribution in [0.25, 0.3) is 0 Å². The number of halogens is 27. The molecular weight excluding hydrogens is 801 g/mol. The van der Waals surface area contributed by atoms with Crippen molar-refractivity contribution < 1.29 is 119 Å². The van der Waals surface area contributed by atoms with Gasteiger partial charge in [-0.25, -0.2) is 13.2 Å². The van der Waals surface area contributed by atoms with Crippen LogP contribution in [-0.2, 0) is 17.8 Å². The molecule has 1 aromatic carbocycles. The van der Waals surface area contributed by atoms with Crippen molar-refractivity contribution in [1.29, 1.82) is 0 Å². The molecule has 300 valence electrons. The third-order valence-corrected chi connectivity index (χ3v) is 7.18. The molecule has 1 rings (SSSR count). The molecule has 27 heteroatoms. The summed E-state index contributed by atoms with van der Waals surface area (Å²) >= 11 is 0. The molecule has 0 bridgehead atoms. The maximum Gasteiger partial charge on any atom is 0.382 e. The van der Waals surface area contributed by atoms with Crippen molar-refractivity contribution in [1.82, 2.24) is 0 Å². The molecule has 0 radical (unpaired) electrons. The van der Waals surface area contributed by atoms with Crippen molar-refractivity contribution >= 4 is 0 Å². The molecule has 0 spiro atoms. The Hall–Kier alpha value is -2.67. The first kappa shape index (κ1) is 46.4. The first-order valence-corrected chi connectivity index (χ1v) is 12.5. The smallest absolute Gasteiger partial charge is 0.241 e. The van der Waals surface area contributed by atoms with Gasteiger partial charge in [0.1, 0.15) is 0 Å². The number of hydrogen-bond donors (Lipinski definition) is 0. The lowest BCUT2D eigenvalue weighted by Gasteiger charge is -2.42. The van der Waals surface area contributed by atoms with Gasteiger partial charge in [-0.05, 0) is 20.8 Å². The fourth-order valence-electron chi connectivity index (χ4n) is 3.88. The highest BCUT2D eigenvalue weighted by atomic mass is 19.4. The topological polar surface area (TPSA) is 0 Å². The molecule has 0 aliphatic carbocycles. The molecule has 0 nitrogen and oxygen atoms in total. The normalized spacial score (nSPS) is 17.8. The quantitative estimate of drug-likeness (QED) is 0.155. The van der Waals surface area contributed by atoms with Crippen LogP contribution in [0.5, 0.6) is 0 Å². The lowest BCUT2D eigenvalue weighted by Crippen LogP contribution is -2.66. The zero-order valence-electron chi connectivity index (χ0n) is 24.2. The molecule has 0 aromatic heterocycles. The monoisotopic (exact) mass is 816 g/mol. The lowest BCUT2D eigenvalue weighted by molar-refractivity contribution is -0.387. The summed E-state index contributed by atoms with van der Waals surface area (Å²) in [4.78, 5) is 0. The maximum atomic E-state index is 15.3. The van der Waals surface area contributed by atoms with Gasteiger partial charge in [0.25, 0.3) is 0 Å². The number of benzene rings is 1. The molecule has 0 heterocycles. The molecule has 1 aromatic rings. The minimum absolute atomic E-state index is 0.798. The summed E-state index contributed by atoms with van der Waals surface area (Å²) in [6, 6.07) is -4.49. The molecule has 51 heavy (non-hydrogen) atoms. The summed E-state index contributed by atoms with van der Waals surface area (Å²) in [5.41, 5.74) is -14.6. The van der Waals surface area contributed by atoms with Crippen molar-refractivity contribution in [3.8, 4) is 0 Å². The Balaban J connectivity index is 4.74. The second-order valence-electron chi connectivity index (χ2n) is 10.6. The Morgan fingerprint density at radius 1 is 0.333 bits per heavy atom. The van der Waals surface area contributed by atoms with Crippen LogP contribution in [-0.4, -0.2) is 71.8 Å². The Kier molecular flexibility index (Phi) is 11.3. The van der Waals surface area contributed by atoms with Crippen LogP contribution in [0.15, 0.2) is 18.2 Å². The molecule has 3 unspecified atom stereocenters. The van der Waals surface area contributed by atoms with Gasteiger partial charge in [-0.2, -0.15) is 105 Å². The highest BCUT2D eigenvalue weighted by Gasteiger charge is 2.87. The highest BCUT2D eigenvalue weighted by molar-refractivity contribution is 5.47. The zero-order chi connectivity index (χ0) is 41.6. The van der Waals surface area contributed by atoms with Gasteiger partial charge in [-0.3, -0.25) is 0 Å². The summed E-state index contributed by atoms with van der Waals surface area (Å²) in [7, 11) is 0. The third-order valence-electron chi connectivity index (χ3n) is 7.18. The van der Waals surface area contributed by atoms with E-state index in [-0.39, 0.29) is 0 Å². The molecule has 0 aliphatic rings.